The van der Waals surface area contributed by atoms with Crippen molar-refractivity contribution < 1.29 is 9.47 Å². The Hall–Kier alpha value is 0.487. The summed E-state index contributed by atoms with van der Waals surface area (Å²) in [7, 11) is 4.06. The predicted octanol–water partition coefficient (Wildman–Crippen LogP) is 1.25. The second-order valence-corrected chi connectivity index (χ2v) is 4.15. The molecule has 0 aliphatic heterocycles. The first kappa shape index (κ1) is 11.5. The van der Waals surface area contributed by atoms with Crippen LogP contribution >= 0.6 is 12.6 Å². The highest BCUT2D eigenvalue weighted by atomic mass is 32.1. The van der Waals surface area contributed by atoms with Gasteiger partial charge in [0.15, 0.2) is 0 Å². The highest BCUT2D eigenvalue weighted by Crippen LogP contribution is 2.05. The van der Waals surface area contributed by atoms with Gasteiger partial charge in [-0.1, -0.05) is 13.0 Å². The molecule has 0 amide bonds. The van der Waals surface area contributed by atoms with Gasteiger partial charge in [-0.15, -0.1) is 0 Å². The standard InChI is InChI=1S/C7H16O2SSi/c1-6(4-10)5-11-7(8-2)9-3/h6-7,10H,4-5H2,1-3H3. The lowest BCUT2D eigenvalue weighted by molar-refractivity contribution is -0.0442. The van der Waals surface area contributed by atoms with E-state index in [0.29, 0.717) is 5.92 Å². The van der Waals surface area contributed by atoms with Gasteiger partial charge in [0.1, 0.15) is 15.4 Å². The fourth-order valence-electron chi connectivity index (χ4n) is 0.625. The second kappa shape index (κ2) is 7.15. The van der Waals surface area contributed by atoms with Gasteiger partial charge in [0.05, 0.1) is 0 Å². The zero-order chi connectivity index (χ0) is 8.69. The van der Waals surface area contributed by atoms with E-state index in [1.54, 1.807) is 14.2 Å². The third kappa shape index (κ3) is 5.72. The second-order valence-electron chi connectivity index (χ2n) is 2.50. The van der Waals surface area contributed by atoms with Gasteiger partial charge in [-0.3, -0.25) is 0 Å². The molecule has 0 saturated heterocycles. The minimum Gasteiger partial charge on any atom is -0.360 e. The van der Waals surface area contributed by atoms with Crippen LogP contribution in [0.15, 0.2) is 0 Å². The van der Waals surface area contributed by atoms with Gasteiger partial charge in [-0.2, -0.15) is 12.6 Å². The van der Waals surface area contributed by atoms with E-state index in [0.717, 1.165) is 21.3 Å². The number of rotatable bonds is 6. The maximum atomic E-state index is 5.06. The van der Waals surface area contributed by atoms with Crippen molar-refractivity contribution in [2.75, 3.05) is 20.0 Å². The molecule has 0 aliphatic rings. The normalized spacial score (nSPS) is 13.9. The average Bonchev–Trinajstić information content (AvgIpc) is 2.06. The van der Waals surface area contributed by atoms with E-state index in [2.05, 4.69) is 19.6 Å². The first-order valence-electron chi connectivity index (χ1n) is 3.64. The van der Waals surface area contributed by atoms with Gasteiger partial charge in [0.2, 0.25) is 0 Å². The maximum Gasteiger partial charge on any atom is 0.136 e. The van der Waals surface area contributed by atoms with E-state index < -0.39 is 0 Å². The van der Waals surface area contributed by atoms with Crippen molar-refractivity contribution in [1.29, 1.82) is 0 Å². The summed E-state index contributed by atoms with van der Waals surface area (Å²) in [6, 6.07) is 1.13. The molecule has 0 N–H and O–H groups in total. The number of hydrogen-bond donors (Lipinski definition) is 1. The molecule has 0 bridgehead atoms. The lowest BCUT2D eigenvalue weighted by Gasteiger charge is -2.14. The van der Waals surface area contributed by atoms with Crippen LogP contribution in [-0.2, 0) is 9.47 Å². The third-order valence-corrected chi connectivity index (χ3v) is 3.73. The Morgan fingerprint density at radius 3 is 2.27 bits per heavy atom. The van der Waals surface area contributed by atoms with Crippen molar-refractivity contribution in [3.8, 4) is 0 Å². The molecule has 0 heterocycles. The molecule has 0 aromatic rings. The first-order chi connectivity index (χ1) is 5.24. The summed E-state index contributed by atoms with van der Waals surface area (Å²) in [6.45, 7) is 2.18. The maximum absolute atomic E-state index is 5.06. The zero-order valence-corrected chi connectivity index (χ0v) is 9.23. The van der Waals surface area contributed by atoms with Crippen LogP contribution in [0.25, 0.3) is 0 Å². The lowest BCUT2D eigenvalue weighted by atomic mass is 10.3. The van der Waals surface area contributed by atoms with Crippen molar-refractivity contribution in [2.45, 2.75) is 18.9 Å². The molecule has 0 aromatic carbocycles. The highest BCUT2D eigenvalue weighted by molar-refractivity contribution is 7.80. The predicted molar refractivity (Wildman–Crippen MR) is 51.4 cm³/mol. The molecule has 2 radical (unpaired) electrons. The molecule has 0 fully saturated rings. The summed E-state index contributed by atoms with van der Waals surface area (Å²) in [4.78, 5) is 0. The van der Waals surface area contributed by atoms with E-state index in [-0.39, 0.29) is 5.91 Å². The van der Waals surface area contributed by atoms with Crippen molar-refractivity contribution >= 4 is 22.1 Å². The Bertz CT molecular complexity index is 88.5. The molecule has 1 atom stereocenters. The van der Waals surface area contributed by atoms with E-state index >= 15 is 0 Å². The summed E-state index contributed by atoms with van der Waals surface area (Å²) < 4.78 is 10.1. The van der Waals surface area contributed by atoms with E-state index in [4.69, 9.17) is 9.47 Å². The largest absolute Gasteiger partial charge is 0.360 e. The zero-order valence-electron chi connectivity index (χ0n) is 7.33. The number of ether oxygens (including phenoxy) is 2. The van der Waals surface area contributed by atoms with E-state index in [9.17, 15) is 0 Å². The average molecular weight is 192 g/mol. The van der Waals surface area contributed by atoms with Gasteiger partial charge in [-0.25, -0.2) is 0 Å². The van der Waals surface area contributed by atoms with Gasteiger partial charge in [0, 0.05) is 14.2 Å². The van der Waals surface area contributed by atoms with E-state index in [1.165, 1.54) is 0 Å². The molecule has 2 nitrogen and oxygen atoms in total. The Morgan fingerprint density at radius 1 is 1.36 bits per heavy atom. The molecular formula is C7H16O2SSi. The minimum atomic E-state index is -0.0164. The van der Waals surface area contributed by atoms with Crippen LogP contribution < -0.4 is 0 Å². The minimum absolute atomic E-state index is 0.0164. The fraction of sp³-hybridized carbons (Fsp3) is 1.00. The quantitative estimate of drug-likeness (QED) is 0.388. The van der Waals surface area contributed by atoms with Crippen molar-refractivity contribution in [3.05, 3.63) is 0 Å². The van der Waals surface area contributed by atoms with Gasteiger partial charge in [-0.05, 0) is 11.7 Å². The Labute approximate surface area is 76.9 Å². The Balaban J connectivity index is 3.34. The molecule has 0 aromatic heterocycles. The van der Waals surface area contributed by atoms with E-state index in [1.807, 2.05) is 0 Å². The van der Waals surface area contributed by atoms with Crippen molar-refractivity contribution in [2.24, 2.45) is 5.92 Å². The molecule has 4 heteroatoms. The SMILES string of the molecule is COC(OC)[Si]CC(C)CS. The molecule has 0 aliphatic carbocycles. The van der Waals surface area contributed by atoms with Crippen molar-refractivity contribution in [3.63, 3.8) is 0 Å². The molecule has 66 valence electrons. The fourth-order valence-corrected chi connectivity index (χ4v) is 2.07. The number of hydrogen-bond acceptors (Lipinski definition) is 3. The van der Waals surface area contributed by atoms with Crippen LogP contribution in [0.5, 0.6) is 0 Å². The Morgan fingerprint density at radius 2 is 1.91 bits per heavy atom. The summed E-state index contributed by atoms with van der Waals surface area (Å²) in [5.74, 6) is 1.58. The topological polar surface area (TPSA) is 18.5 Å². The van der Waals surface area contributed by atoms with Crippen LogP contribution in [0.3, 0.4) is 0 Å². The summed E-state index contributed by atoms with van der Waals surface area (Å²) in [5, 5.41) is 0. The van der Waals surface area contributed by atoms with Gasteiger partial charge < -0.3 is 9.47 Å². The molecule has 0 spiro atoms. The third-order valence-electron chi connectivity index (χ3n) is 1.37. The van der Waals surface area contributed by atoms with Crippen LogP contribution in [0.2, 0.25) is 6.04 Å². The summed E-state index contributed by atoms with van der Waals surface area (Å²) in [5.41, 5.74) is 0. The lowest BCUT2D eigenvalue weighted by Crippen LogP contribution is -2.22. The van der Waals surface area contributed by atoms with Crippen LogP contribution in [0, 0.1) is 5.92 Å². The molecule has 0 rings (SSSR count). The summed E-state index contributed by atoms with van der Waals surface area (Å²) in [6.07, 6.45) is 0. The number of thiol groups is 1. The monoisotopic (exact) mass is 192 g/mol. The van der Waals surface area contributed by atoms with Crippen LogP contribution in [0.4, 0.5) is 0 Å². The molecule has 1 unspecified atom stereocenters. The summed E-state index contributed by atoms with van der Waals surface area (Å²) >= 11 is 4.20. The van der Waals surface area contributed by atoms with Crippen LogP contribution in [0.1, 0.15) is 6.92 Å². The molecule has 0 saturated carbocycles. The molecular weight excluding hydrogens is 176 g/mol. The molecule has 11 heavy (non-hydrogen) atoms. The van der Waals surface area contributed by atoms with Gasteiger partial charge in [0.25, 0.3) is 0 Å². The van der Waals surface area contributed by atoms with Gasteiger partial charge >= 0.3 is 0 Å². The number of methoxy groups -OCH3 is 2. The first-order valence-corrected chi connectivity index (χ1v) is 5.56. The Kier molecular flexibility index (Phi) is 7.47. The highest BCUT2D eigenvalue weighted by Gasteiger charge is 2.08. The smallest absolute Gasteiger partial charge is 0.136 e. The van der Waals surface area contributed by atoms with Crippen molar-refractivity contribution in [1.82, 2.24) is 0 Å². The van der Waals surface area contributed by atoms with Crippen LogP contribution in [-0.4, -0.2) is 35.4 Å².